The molecule has 2 heterocycles. The zero-order valence-corrected chi connectivity index (χ0v) is 13.0. The van der Waals surface area contributed by atoms with E-state index in [1.54, 1.807) is 0 Å². The van der Waals surface area contributed by atoms with Gasteiger partial charge in [0.25, 0.3) is 0 Å². The highest BCUT2D eigenvalue weighted by Gasteiger charge is 2.39. The second-order valence-electron chi connectivity index (χ2n) is 7.31. The van der Waals surface area contributed by atoms with E-state index in [0.717, 1.165) is 44.6 Å². The maximum Gasteiger partial charge on any atom is 0.0741 e. The van der Waals surface area contributed by atoms with E-state index in [1.807, 2.05) is 0 Å². The Bertz CT molecular complexity index is 296. The molecule has 3 rings (SSSR count). The van der Waals surface area contributed by atoms with Crippen LogP contribution in [0.5, 0.6) is 0 Å². The van der Waals surface area contributed by atoms with Crippen molar-refractivity contribution in [2.24, 2.45) is 5.92 Å². The Kier molecular flexibility index (Phi) is 5.00. The molecule has 3 aliphatic rings. The van der Waals surface area contributed by atoms with Crippen LogP contribution >= 0.6 is 0 Å². The van der Waals surface area contributed by atoms with Crippen LogP contribution in [0.15, 0.2) is 0 Å². The molecule has 3 atom stereocenters. The molecule has 0 radical (unpaired) electrons. The molecule has 2 saturated heterocycles. The van der Waals surface area contributed by atoms with Gasteiger partial charge in [-0.25, -0.2) is 0 Å². The maximum atomic E-state index is 6.15. The highest BCUT2D eigenvalue weighted by molar-refractivity contribution is 4.92. The van der Waals surface area contributed by atoms with Gasteiger partial charge in [0.15, 0.2) is 0 Å². The molecule has 3 heteroatoms. The van der Waals surface area contributed by atoms with Crippen molar-refractivity contribution >= 4 is 0 Å². The predicted octanol–water partition coefficient (Wildman–Crippen LogP) is 3.27. The van der Waals surface area contributed by atoms with Gasteiger partial charge in [0.05, 0.1) is 5.60 Å². The average molecular weight is 281 g/mol. The molecule has 1 saturated carbocycles. The fraction of sp³-hybridized carbons (Fsp3) is 1.00. The van der Waals surface area contributed by atoms with E-state index in [9.17, 15) is 0 Å². The van der Waals surface area contributed by atoms with Crippen molar-refractivity contribution in [3.05, 3.63) is 0 Å². The predicted molar refractivity (Wildman–Crippen MR) is 80.9 cm³/mol. The Morgan fingerprint density at radius 3 is 2.60 bits per heavy atom. The van der Waals surface area contributed by atoms with Gasteiger partial charge in [0.2, 0.25) is 0 Å². The lowest BCUT2D eigenvalue weighted by atomic mass is 9.83. The average Bonchev–Trinajstić information content (AvgIpc) is 2.65. The van der Waals surface area contributed by atoms with Gasteiger partial charge in [-0.1, -0.05) is 19.8 Å². The van der Waals surface area contributed by atoms with Gasteiger partial charge in [-0.05, 0) is 50.9 Å². The molecule has 2 aliphatic heterocycles. The summed E-state index contributed by atoms with van der Waals surface area (Å²) < 4.78 is 11.7. The molecule has 0 aromatic carbocycles. The van der Waals surface area contributed by atoms with Crippen LogP contribution in [0, 0.1) is 5.92 Å². The van der Waals surface area contributed by atoms with E-state index >= 15 is 0 Å². The van der Waals surface area contributed by atoms with E-state index in [-0.39, 0.29) is 5.60 Å². The van der Waals surface area contributed by atoms with Crippen molar-refractivity contribution in [3.8, 4) is 0 Å². The van der Waals surface area contributed by atoms with Crippen molar-refractivity contribution in [2.75, 3.05) is 19.8 Å². The molecule has 20 heavy (non-hydrogen) atoms. The van der Waals surface area contributed by atoms with Gasteiger partial charge < -0.3 is 14.8 Å². The molecule has 0 bridgehead atoms. The van der Waals surface area contributed by atoms with E-state index in [4.69, 9.17) is 9.47 Å². The quantitative estimate of drug-likeness (QED) is 0.788. The molecule has 1 N–H and O–H groups in total. The molecule has 0 amide bonds. The van der Waals surface area contributed by atoms with E-state index in [1.165, 1.54) is 44.9 Å². The molecule has 116 valence electrons. The summed E-state index contributed by atoms with van der Waals surface area (Å²) in [5.74, 6) is 0.929. The van der Waals surface area contributed by atoms with Gasteiger partial charge >= 0.3 is 0 Å². The van der Waals surface area contributed by atoms with E-state index < -0.39 is 0 Å². The third-order valence-electron chi connectivity index (χ3n) is 5.63. The SMILES string of the molecule is CC1CCCC(NC2CCOC3(CCOCC3)C2)CC1. The summed E-state index contributed by atoms with van der Waals surface area (Å²) in [4.78, 5) is 0. The molecule has 3 nitrogen and oxygen atoms in total. The Balaban J connectivity index is 1.51. The van der Waals surface area contributed by atoms with Gasteiger partial charge in [-0.3, -0.25) is 0 Å². The summed E-state index contributed by atoms with van der Waals surface area (Å²) in [6.07, 6.45) is 11.5. The van der Waals surface area contributed by atoms with Crippen LogP contribution in [-0.4, -0.2) is 37.5 Å². The monoisotopic (exact) mass is 281 g/mol. The zero-order valence-electron chi connectivity index (χ0n) is 13.0. The summed E-state index contributed by atoms with van der Waals surface area (Å²) in [6, 6.07) is 1.42. The van der Waals surface area contributed by atoms with Crippen LogP contribution in [-0.2, 0) is 9.47 Å². The number of hydrogen-bond donors (Lipinski definition) is 1. The second-order valence-corrected chi connectivity index (χ2v) is 7.31. The normalized spacial score (nSPS) is 38.5. The van der Waals surface area contributed by atoms with Crippen LogP contribution in [0.4, 0.5) is 0 Å². The van der Waals surface area contributed by atoms with E-state index in [2.05, 4.69) is 12.2 Å². The molecule has 3 fully saturated rings. The van der Waals surface area contributed by atoms with E-state index in [0.29, 0.717) is 6.04 Å². The summed E-state index contributed by atoms with van der Waals surface area (Å²) >= 11 is 0. The highest BCUT2D eigenvalue weighted by atomic mass is 16.5. The molecule has 0 aromatic rings. The number of ether oxygens (including phenoxy) is 2. The van der Waals surface area contributed by atoms with Crippen LogP contribution in [0.25, 0.3) is 0 Å². The Morgan fingerprint density at radius 1 is 0.900 bits per heavy atom. The first-order valence-corrected chi connectivity index (χ1v) is 8.74. The summed E-state index contributed by atoms with van der Waals surface area (Å²) in [5.41, 5.74) is 0.131. The summed E-state index contributed by atoms with van der Waals surface area (Å²) in [5, 5.41) is 3.97. The fourth-order valence-corrected chi connectivity index (χ4v) is 4.25. The lowest BCUT2D eigenvalue weighted by Gasteiger charge is -2.44. The Hall–Kier alpha value is -0.120. The van der Waals surface area contributed by atoms with Gasteiger partial charge in [0.1, 0.15) is 0 Å². The smallest absolute Gasteiger partial charge is 0.0741 e. The van der Waals surface area contributed by atoms with Crippen molar-refractivity contribution in [2.45, 2.75) is 82.4 Å². The van der Waals surface area contributed by atoms with Gasteiger partial charge in [-0.15, -0.1) is 0 Å². The minimum atomic E-state index is 0.131. The molecular weight excluding hydrogens is 250 g/mol. The lowest BCUT2D eigenvalue weighted by molar-refractivity contribution is -0.141. The third-order valence-corrected chi connectivity index (χ3v) is 5.63. The maximum absolute atomic E-state index is 6.15. The van der Waals surface area contributed by atoms with Crippen LogP contribution in [0.3, 0.4) is 0 Å². The number of rotatable bonds is 2. The topological polar surface area (TPSA) is 30.5 Å². The molecule has 1 spiro atoms. The lowest BCUT2D eigenvalue weighted by Crippen LogP contribution is -2.51. The molecule has 1 aliphatic carbocycles. The van der Waals surface area contributed by atoms with Crippen LogP contribution < -0.4 is 5.32 Å². The van der Waals surface area contributed by atoms with Crippen molar-refractivity contribution in [1.29, 1.82) is 0 Å². The van der Waals surface area contributed by atoms with Gasteiger partial charge in [-0.2, -0.15) is 0 Å². The first kappa shape index (κ1) is 14.8. The number of nitrogens with one attached hydrogen (secondary N) is 1. The van der Waals surface area contributed by atoms with Gasteiger partial charge in [0, 0.05) is 31.9 Å². The second kappa shape index (κ2) is 6.76. The standard InChI is InChI=1S/C17H31NO2/c1-14-3-2-4-15(6-5-14)18-16-7-10-20-17(13-16)8-11-19-12-9-17/h14-16,18H,2-13H2,1H3. The van der Waals surface area contributed by atoms with Crippen molar-refractivity contribution < 1.29 is 9.47 Å². The highest BCUT2D eigenvalue weighted by Crippen LogP contribution is 2.35. The zero-order chi connectivity index (χ0) is 13.8. The Morgan fingerprint density at radius 2 is 1.75 bits per heavy atom. The van der Waals surface area contributed by atoms with Crippen LogP contribution in [0.1, 0.15) is 64.7 Å². The number of hydrogen-bond acceptors (Lipinski definition) is 3. The first-order valence-electron chi connectivity index (χ1n) is 8.74. The third kappa shape index (κ3) is 3.75. The molecule has 3 unspecified atom stereocenters. The fourth-order valence-electron chi connectivity index (χ4n) is 4.25. The Labute approximate surface area is 123 Å². The van der Waals surface area contributed by atoms with Crippen LogP contribution in [0.2, 0.25) is 0 Å². The van der Waals surface area contributed by atoms with Crippen molar-refractivity contribution in [3.63, 3.8) is 0 Å². The largest absolute Gasteiger partial charge is 0.381 e. The minimum Gasteiger partial charge on any atom is -0.381 e. The van der Waals surface area contributed by atoms with Crippen molar-refractivity contribution in [1.82, 2.24) is 5.32 Å². The first-order chi connectivity index (χ1) is 9.76. The summed E-state index contributed by atoms with van der Waals surface area (Å²) in [7, 11) is 0. The minimum absolute atomic E-state index is 0.131. The summed E-state index contributed by atoms with van der Waals surface area (Å²) in [6.45, 7) is 5.11. The molecule has 0 aromatic heterocycles. The molecular formula is C17H31NO2.